The van der Waals surface area contributed by atoms with Gasteiger partial charge in [0.05, 0.1) is 6.42 Å². The van der Waals surface area contributed by atoms with E-state index in [1.165, 1.54) is 19.1 Å². The Balaban J connectivity index is 1.85. The van der Waals surface area contributed by atoms with Crippen molar-refractivity contribution in [1.82, 2.24) is 0 Å². The van der Waals surface area contributed by atoms with E-state index in [0.29, 0.717) is 0 Å². The number of benzene rings is 2. The molecule has 1 N–H and O–H groups in total. The van der Waals surface area contributed by atoms with Crippen LogP contribution in [0.1, 0.15) is 18.1 Å². The molecule has 27 heavy (non-hydrogen) atoms. The first kappa shape index (κ1) is 20.3. The number of aryl methyl sites for hydroxylation is 1. The number of amides is 1. The highest BCUT2D eigenvalue weighted by Crippen LogP contribution is 2.24. The summed E-state index contributed by atoms with van der Waals surface area (Å²) in [6.07, 6.45) is -5.82. The molecule has 0 aliphatic heterocycles. The lowest BCUT2D eigenvalue weighted by Gasteiger charge is -2.14. The summed E-state index contributed by atoms with van der Waals surface area (Å²) in [6.45, 7) is 3.33. The van der Waals surface area contributed by atoms with E-state index in [0.717, 1.165) is 23.3 Å². The van der Waals surface area contributed by atoms with Crippen molar-refractivity contribution in [3.8, 4) is 5.75 Å². The van der Waals surface area contributed by atoms with Crippen LogP contribution in [0.25, 0.3) is 0 Å². The molecule has 0 aromatic heterocycles. The minimum absolute atomic E-state index is 0.0291. The predicted octanol–water partition coefficient (Wildman–Crippen LogP) is 4.01. The van der Waals surface area contributed by atoms with Gasteiger partial charge in [-0.05, 0) is 43.7 Å². The van der Waals surface area contributed by atoms with Gasteiger partial charge >= 0.3 is 12.3 Å². The molecule has 2 rings (SSSR count). The van der Waals surface area contributed by atoms with Gasteiger partial charge < -0.3 is 14.8 Å². The van der Waals surface area contributed by atoms with Crippen LogP contribution >= 0.6 is 0 Å². The number of esters is 1. The molecule has 0 spiro atoms. The highest BCUT2D eigenvalue weighted by molar-refractivity contribution is 5.95. The number of rotatable bonds is 6. The van der Waals surface area contributed by atoms with Gasteiger partial charge in [-0.2, -0.15) is 0 Å². The first-order valence-corrected chi connectivity index (χ1v) is 8.04. The molecule has 0 heterocycles. The highest BCUT2D eigenvalue weighted by Gasteiger charge is 2.31. The molecule has 0 saturated heterocycles. The minimum atomic E-state index is -4.79. The molecule has 2 aromatic rings. The van der Waals surface area contributed by atoms with Crippen LogP contribution in [-0.2, 0) is 20.7 Å². The van der Waals surface area contributed by atoms with Crippen LogP contribution < -0.4 is 10.1 Å². The Bertz CT molecular complexity index is 786. The molecule has 0 fully saturated rings. The molecule has 144 valence electrons. The van der Waals surface area contributed by atoms with Crippen molar-refractivity contribution in [3.63, 3.8) is 0 Å². The number of hydrogen-bond acceptors (Lipinski definition) is 4. The standard InChI is InChI=1S/C19H18F3NO4/c1-12-3-5-14(6-4-12)11-17(24)26-13(2)18(25)23-15-7-9-16(10-8-15)27-19(20,21)22/h3-10,13H,11H2,1-2H3,(H,23,25)/t13-/m0/s1. The SMILES string of the molecule is Cc1ccc(CC(=O)O[C@@H](C)C(=O)Nc2ccc(OC(F)(F)F)cc2)cc1. The van der Waals surface area contributed by atoms with E-state index in [4.69, 9.17) is 4.74 Å². The first-order chi connectivity index (χ1) is 12.6. The summed E-state index contributed by atoms with van der Waals surface area (Å²) in [4.78, 5) is 24.0. The second-order valence-corrected chi connectivity index (χ2v) is 5.86. The fourth-order valence-corrected chi connectivity index (χ4v) is 2.15. The average molecular weight is 381 g/mol. The molecule has 0 radical (unpaired) electrons. The lowest BCUT2D eigenvalue weighted by Crippen LogP contribution is -2.30. The predicted molar refractivity (Wildman–Crippen MR) is 92.2 cm³/mol. The van der Waals surface area contributed by atoms with E-state index in [1.807, 2.05) is 19.1 Å². The number of carbonyl (C=O) groups excluding carboxylic acids is 2. The molecule has 0 aliphatic rings. The third-order valence-corrected chi connectivity index (χ3v) is 3.50. The van der Waals surface area contributed by atoms with Crippen molar-refractivity contribution in [2.75, 3.05) is 5.32 Å². The quantitative estimate of drug-likeness (QED) is 0.768. The van der Waals surface area contributed by atoms with Crippen molar-refractivity contribution in [1.29, 1.82) is 0 Å². The number of anilines is 1. The van der Waals surface area contributed by atoms with Gasteiger partial charge in [-0.15, -0.1) is 13.2 Å². The third-order valence-electron chi connectivity index (χ3n) is 3.50. The van der Waals surface area contributed by atoms with Gasteiger partial charge in [0.25, 0.3) is 5.91 Å². The lowest BCUT2D eigenvalue weighted by atomic mass is 10.1. The zero-order valence-corrected chi connectivity index (χ0v) is 14.7. The van der Waals surface area contributed by atoms with Crippen LogP contribution in [0.3, 0.4) is 0 Å². The maximum Gasteiger partial charge on any atom is 0.573 e. The van der Waals surface area contributed by atoms with Gasteiger partial charge in [-0.1, -0.05) is 29.8 Å². The molecule has 1 atom stereocenters. The molecular weight excluding hydrogens is 363 g/mol. The molecule has 5 nitrogen and oxygen atoms in total. The minimum Gasteiger partial charge on any atom is -0.452 e. The van der Waals surface area contributed by atoms with E-state index in [2.05, 4.69) is 10.1 Å². The molecule has 1 amide bonds. The van der Waals surface area contributed by atoms with Gasteiger partial charge in [-0.25, -0.2) is 0 Å². The van der Waals surface area contributed by atoms with E-state index in [9.17, 15) is 22.8 Å². The van der Waals surface area contributed by atoms with Gasteiger partial charge in [0, 0.05) is 5.69 Å². The summed E-state index contributed by atoms with van der Waals surface area (Å²) in [5.74, 6) is -1.56. The van der Waals surface area contributed by atoms with Crippen LogP contribution in [0, 0.1) is 6.92 Å². The fourth-order valence-electron chi connectivity index (χ4n) is 2.15. The zero-order chi connectivity index (χ0) is 20.0. The molecule has 2 aromatic carbocycles. The summed E-state index contributed by atoms with van der Waals surface area (Å²) in [5, 5.41) is 2.46. The number of alkyl halides is 3. The Morgan fingerprint density at radius 2 is 1.63 bits per heavy atom. The van der Waals surface area contributed by atoms with Gasteiger partial charge in [0.15, 0.2) is 6.10 Å². The summed E-state index contributed by atoms with van der Waals surface area (Å²) in [5.41, 5.74) is 2.07. The Morgan fingerprint density at radius 1 is 1.04 bits per heavy atom. The lowest BCUT2D eigenvalue weighted by molar-refractivity contribution is -0.274. The maximum atomic E-state index is 12.1. The topological polar surface area (TPSA) is 64.6 Å². The molecule has 8 heteroatoms. The van der Waals surface area contributed by atoms with E-state index < -0.39 is 30.1 Å². The first-order valence-electron chi connectivity index (χ1n) is 8.04. The van der Waals surface area contributed by atoms with E-state index in [1.54, 1.807) is 12.1 Å². The van der Waals surface area contributed by atoms with Crippen molar-refractivity contribution in [2.24, 2.45) is 0 Å². The molecular formula is C19H18F3NO4. The summed E-state index contributed by atoms with van der Waals surface area (Å²) in [7, 11) is 0. The summed E-state index contributed by atoms with van der Waals surface area (Å²) in [6, 6.07) is 12.0. The van der Waals surface area contributed by atoms with E-state index >= 15 is 0 Å². The van der Waals surface area contributed by atoms with Crippen molar-refractivity contribution >= 4 is 17.6 Å². The van der Waals surface area contributed by atoms with Crippen LogP contribution in [0.2, 0.25) is 0 Å². The van der Waals surface area contributed by atoms with E-state index in [-0.39, 0.29) is 12.1 Å². The number of halogens is 3. The number of carbonyl (C=O) groups is 2. The van der Waals surface area contributed by atoms with Gasteiger partial charge in [0.1, 0.15) is 5.75 Å². The Hall–Kier alpha value is -3.03. The summed E-state index contributed by atoms with van der Waals surface area (Å²) < 4.78 is 45.2. The van der Waals surface area contributed by atoms with Crippen molar-refractivity contribution in [2.45, 2.75) is 32.7 Å². The average Bonchev–Trinajstić information content (AvgIpc) is 2.57. The second kappa shape index (κ2) is 8.57. The maximum absolute atomic E-state index is 12.1. The Morgan fingerprint density at radius 3 is 2.19 bits per heavy atom. The monoisotopic (exact) mass is 381 g/mol. The van der Waals surface area contributed by atoms with Crippen LogP contribution in [0.15, 0.2) is 48.5 Å². The largest absolute Gasteiger partial charge is 0.573 e. The van der Waals surface area contributed by atoms with Crippen LogP contribution in [0.4, 0.5) is 18.9 Å². The fraction of sp³-hybridized carbons (Fsp3) is 0.263. The Kier molecular flexibility index (Phi) is 6.44. The molecule has 0 aliphatic carbocycles. The molecule has 0 saturated carbocycles. The third kappa shape index (κ3) is 7.01. The Labute approximate surface area is 154 Å². The number of ether oxygens (including phenoxy) is 2. The molecule has 0 bridgehead atoms. The normalized spacial score (nSPS) is 12.2. The second-order valence-electron chi connectivity index (χ2n) is 5.86. The highest BCUT2D eigenvalue weighted by atomic mass is 19.4. The van der Waals surface area contributed by atoms with Gasteiger partial charge in [0.2, 0.25) is 0 Å². The van der Waals surface area contributed by atoms with Crippen molar-refractivity contribution < 1.29 is 32.2 Å². The number of nitrogens with one attached hydrogen (secondary N) is 1. The smallest absolute Gasteiger partial charge is 0.452 e. The zero-order valence-electron chi connectivity index (χ0n) is 14.7. The number of hydrogen-bond donors (Lipinski definition) is 1. The van der Waals surface area contributed by atoms with Crippen LogP contribution in [-0.4, -0.2) is 24.3 Å². The molecule has 0 unspecified atom stereocenters. The summed E-state index contributed by atoms with van der Waals surface area (Å²) >= 11 is 0. The van der Waals surface area contributed by atoms with Gasteiger partial charge in [-0.3, -0.25) is 9.59 Å². The van der Waals surface area contributed by atoms with Crippen LogP contribution in [0.5, 0.6) is 5.75 Å². The van der Waals surface area contributed by atoms with Crippen molar-refractivity contribution in [3.05, 3.63) is 59.7 Å².